The van der Waals surface area contributed by atoms with Gasteiger partial charge < -0.3 is 14.0 Å². The minimum Gasteiger partial charge on any atom is -0.461 e. The molecule has 5 nitrogen and oxygen atoms in total. The zero-order valence-electron chi connectivity index (χ0n) is 9.65. The molecular weight excluding hydrogens is 210 g/mol. The Labute approximate surface area is 94.0 Å². The van der Waals surface area contributed by atoms with Crippen LogP contribution in [0.1, 0.15) is 25.1 Å². The van der Waals surface area contributed by atoms with Crippen molar-refractivity contribution in [2.24, 2.45) is 7.05 Å². The Morgan fingerprint density at radius 2 is 1.75 bits per heavy atom. The molecule has 0 aliphatic rings. The number of carbonyl (C=O) groups is 2. The van der Waals surface area contributed by atoms with E-state index in [0.29, 0.717) is 0 Å². The molecule has 16 heavy (non-hydrogen) atoms. The van der Waals surface area contributed by atoms with Crippen LogP contribution in [0.3, 0.4) is 0 Å². The van der Waals surface area contributed by atoms with Crippen LogP contribution in [-0.2, 0) is 39.3 Å². The number of esters is 2. The average molecular weight is 225 g/mol. The SMILES string of the molecule is CC(=O)OCc1ccn(C)c1COC(C)=O. The highest BCUT2D eigenvalue weighted by Crippen LogP contribution is 2.12. The Bertz CT molecular complexity index is 395. The van der Waals surface area contributed by atoms with Gasteiger partial charge >= 0.3 is 11.9 Å². The van der Waals surface area contributed by atoms with Crippen molar-refractivity contribution in [2.45, 2.75) is 27.1 Å². The van der Waals surface area contributed by atoms with Crippen molar-refractivity contribution in [1.29, 1.82) is 0 Å². The van der Waals surface area contributed by atoms with Gasteiger partial charge in [-0.3, -0.25) is 9.59 Å². The third-order valence-electron chi connectivity index (χ3n) is 2.14. The van der Waals surface area contributed by atoms with Gasteiger partial charge in [0.25, 0.3) is 0 Å². The molecule has 0 saturated heterocycles. The highest BCUT2D eigenvalue weighted by Gasteiger charge is 2.09. The van der Waals surface area contributed by atoms with E-state index >= 15 is 0 Å². The van der Waals surface area contributed by atoms with Crippen molar-refractivity contribution in [2.75, 3.05) is 0 Å². The van der Waals surface area contributed by atoms with Gasteiger partial charge in [-0.2, -0.15) is 0 Å². The van der Waals surface area contributed by atoms with Crippen molar-refractivity contribution in [1.82, 2.24) is 4.57 Å². The first-order valence-electron chi connectivity index (χ1n) is 4.90. The number of hydrogen-bond acceptors (Lipinski definition) is 4. The molecule has 0 amide bonds. The van der Waals surface area contributed by atoms with Crippen LogP contribution in [0.25, 0.3) is 0 Å². The van der Waals surface area contributed by atoms with E-state index in [9.17, 15) is 9.59 Å². The number of nitrogens with zero attached hydrogens (tertiary/aromatic N) is 1. The summed E-state index contributed by atoms with van der Waals surface area (Å²) >= 11 is 0. The fourth-order valence-electron chi connectivity index (χ4n) is 1.29. The smallest absolute Gasteiger partial charge is 0.303 e. The molecule has 1 aromatic heterocycles. The zero-order valence-corrected chi connectivity index (χ0v) is 9.65. The first-order valence-corrected chi connectivity index (χ1v) is 4.90. The molecule has 0 fully saturated rings. The lowest BCUT2D eigenvalue weighted by molar-refractivity contribution is -0.144. The van der Waals surface area contributed by atoms with E-state index in [4.69, 9.17) is 9.47 Å². The Hall–Kier alpha value is -1.78. The van der Waals surface area contributed by atoms with Gasteiger partial charge in [0.2, 0.25) is 0 Å². The standard InChI is InChI=1S/C11H15NO4/c1-8(13)15-6-10-4-5-12(3)11(10)7-16-9(2)14/h4-5H,6-7H2,1-3H3. The second kappa shape index (κ2) is 5.34. The van der Waals surface area contributed by atoms with E-state index in [1.54, 1.807) is 0 Å². The monoisotopic (exact) mass is 225 g/mol. The van der Waals surface area contributed by atoms with Crippen LogP contribution >= 0.6 is 0 Å². The van der Waals surface area contributed by atoms with Gasteiger partial charge in [0.15, 0.2) is 0 Å². The summed E-state index contributed by atoms with van der Waals surface area (Å²) in [6, 6.07) is 1.84. The highest BCUT2D eigenvalue weighted by molar-refractivity contribution is 5.66. The van der Waals surface area contributed by atoms with Gasteiger partial charge in [0, 0.05) is 32.7 Å². The highest BCUT2D eigenvalue weighted by atomic mass is 16.5. The summed E-state index contributed by atoms with van der Waals surface area (Å²) in [6.45, 7) is 3.10. The van der Waals surface area contributed by atoms with E-state index in [-0.39, 0.29) is 25.2 Å². The molecule has 5 heteroatoms. The summed E-state index contributed by atoms with van der Waals surface area (Å²) in [5, 5.41) is 0. The largest absolute Gasteiger partial charge is 0.461 e. The number of hydrogen-bond donors (Lipinski definition) is 0. The molecule has 1 aromatic rings. The second-order valence-corrected chi connectivity index (χ2v) is 3.46. The Morgan fingerprint density at radius 1 is 1.19 bits per heavy atom. The number of aromatic nitrogens is 1. The Morgan fingerprint density at radius 3 is 2.31 bits per heavy atom. The number of rotatable bonds is 4. The summed E-state index contributed by atoms with van der Waals surface area (Å²) in [5.74, 6) is -0.665. The van der Waals surface area contributed by atoms with Crippen molar-refractivity contribution in [3.63, 3.8) is 0 Å². The molecule has 0 radical (unpaired) electrons. The summed E-state index contributed by atoms with van der Waals surface area (Å²) in [6.07, 6.45) is 1.83. The minimum absolute atomic E-state index is 0.190. The fourth-order valence-corrected chi connectivity index (χ4v) is 1.29. The number of ether oxygens (including phenoxy) is 2. The maximum atomic E-state index is 10.7. The lowest BCUT2D eigenvalue weighted by atomic mass is 10.2. The molecule has 0 spiro atoms. The van der Waals surface area contributed by atoms with Crippen molar-refractivity contribution < 1.29 is 19.1 Å². The third-order valence-corrected chi connectivity index (χ3v) is 2.14. The zero-order chi connectivity index (χ0) is 12.1. The van der Waals surface area contributed by atoms with Crippen LogP contribution < -0.4 is 0 Å². The summed E-state index contributed by atoms with van der Waals surface area (Å²) in [5.41, 5.74) is 1.68. The van der Waals surface area contributed by atoms with E-state index in [1.807, 2.05) is 23.9 Å². The third kappa shape index (κ3) is 3.42. The topological polar surface area (TPSA) is 57.5 Å². The van der Waals surface area contributed by atoms with Crippen molar-refractivity contribution in [3.05, 3.63) is 23.5 Å². The van der Waals surface area contributed by atoms with Crippen LogP contribution in [0.5, 0.6) is 0 Å². The average Bonchev–Trinajstić information content (AvgIpc) is 2.53. The second-order valence-electron chi connectivity index (χ2n) is 3.46. The van der Waals surface area contributed by atoms with Gasteiger partial charge in [0.1, 0.15) is 13.2 Å². The normalized spacial score (nSPS) is 9.94. The maximum absolute atomic E-state index is 10.7. The lowest BCUT2D eigenvalue weighted by Crippen LogP contribution is -2.07. The van der Waals surface area contributed by atoms with Crippen LogP contribution in [0.15, 0.2) is 12.3 Å². The number of carbonyl (C=O) groups excluding carboxylic acids is 2. The molecule has 88 valence electrons. The van der Waals surface area contributed by atoms with Crippen molar-refractivity contribution >= 4 is 11.9 Å². The molecule has 0 unspecified atom stereocenters. The summed E-state index contributed by atoms with van der Waals surface area (Å²) in [7, 11) is 1.84. The number of aryl methyl sites for hydroxylation is 1. The Balaban J connectivity index is 2.69. The van der Waals surface area contributed by atoms with Crippen LogP contribution in [0.2, 0.25) is 0 Å². The fraction of sp³-hybridized carbons (Fsp3) is 0.455. The molecule has 0 aliphatic heterocycles. The molecule has 1 rings (SSSR count). The predicted molar refractivity (Wildman–Crippen MR) is 56.4 cm³/mol. The summed E-state index contributed by atoms with van der Waals surface area (Å²) < 4.78 is 11.6. The first-order chi connectivity index (χ1) is 7.50. The predicted octanol–water partition coefficient (Wildman–Crippen LogP) is 1.15. The van der Waals surface area contributed by atoms with Crippen LogP contribution in [-0.4, -0.2) is 16.5 Å². The van der Waals surface area contributed by atoms with E-state index in [1.165, 1.54) is 13.8 Å². The minimum atomic E-state index is -0.334. The molecule has 0 bridgehead atoms. The van der Waals surface area contributed by atoms with Gasteiger partial charge in [-0.05, 0) is 6.07 Å². The lowest BCUT2D eigenvalue weighted by Gasteiger charge is -2.07. The molecule has 0 saturated carbocycles. The molecular formula is C11H15NO4. The molecule has 0 atom stereocenters. The van der Waals surface area contributed by atoms with Gasteiger partial charge in [0.05, 0.1) is 5.69 Å². The van der Waals surface area contributed by atoms with E-state index in [2.05, 4.69) is 0 Å². The first kappa shape index (κ1) is 12.3. The Kier molecular flexibility index (Phi) is 4.10. The van der Waals surface area contributed by atoms with Gasteiger partial charge in [-0.25, -0.2) is 0 Å². The van der Waals surface area contributed by atoms with Crippen LogP contribution in [0.4, 0.5) is 0 Å². The van der Waals surface area contributed by atoms with Crippen molar-refractivity contribution in [3.8, 4) is 0 Å². The quantitative estimate of drug-likeness (QED) is 0.721. The van der Waals surface area contributed by atoms with Crippen LogP contribution in [0, 0.1) is 0 Å². The molecule has 0 aliphatic carbocycles. The van der Waals surface area contributed by atoms with E-state index < -0.39 is 0 Å². The van der Waals surface area contributed by atoms with E-state index in [0.717, 1.165) is 11.3 Å². The maximum Gasteiger partial charge on any atom is 0.303 e. The van der Waals surface area contributed by atoms with Gasteiger partial charge in [-0.15, -0.1) is 0 Å². The van der Waals surface area contributed by atoms with Gasteiger partial charge in [-0.1, -0.05) is 0 Å². The summed E-state index contributed by atoms with van der Waals surface area (Å²) in [4.78, 5) is 21.4. The molecule has 0 N–H and O–H groups in total. The molecule has 1 heterocycles. The molecule has 0 aromatic carbocycles.